The van der Waals surface area contributed by atoms with Crippen LogP contribution < -0.4 is 5.32 Å². The summed E-state index contributed by atoms with van der Waals surface area (Å²) in [7, 11) is 0. The Bertz CT molecular complexity index is 459. The van der Waals surface area contributed by atoms with E-state index in [0.717, 1.165) is 18.4 Å². The normalized spacial score (nSPS) is 11.6. The Balaban J connectivity index is 2.39. The molecule has 1 rings (SSSR count). The number of carbonyl (C=O) groups is 2. The van der Waals surface area contributed by atoms with Crippen LogP contribution in [0.1, 0.15) is 32.3 Å². The highest BCUT2D eigenvalue weighted by molar-refractivity contribution is 5.87. The highest BCUT2D eigenvalue weighted by Gasteiger charge is 2.19. The van der Waals surface area contributed by atoms with Crippen LogP contribution in [-0.4, -0.2) is 24.8 Å². The average molecular weight is 279 g/mol. The second kappa shape index (κ2) is 8.19. The zero-order valence-electron chi connectivity index (χ0n) is 12.1. The summed E-state index contributed by atoms with van der Waals surface area (Å²) in [6.07, 6.45) is 0.150. The van der Waals surface area contributed by atoms with Gasteiger partial charge in [0.1, 0.15) is 0 Å². The minimum atomic E-state index is -0.920. The van der Waals surface area contributed by atoms with Gasteiger partial charge in [0.05, 0.1) is 6.61 Å². The number of nitrogens with one attached hydrogen (secondary N) is 1. The van der Waals surface area contributed by atoms with Crippen molar-refractivity contribution in [1.82, 2.24) is 0 Å². The molecule has 0 aromatic heterocycles. The fourth-order valence-electron chi connectivity index (χ4n) is 1.51. The molecule has 0 saturated carbocycles. The molecule has 1 amide bonds. The first-order chi connectivity index (χ1) is 9.52. The Kier molecular flexibility index (Phi) is 6.56. The average Bonchev–Trinajstić information content (AvgIpc) is 2.38. The topological polar surface area (TPSA) is 64.6 Å². The molecule has 1 aromatic carbocycles. The van der Waals surface area contributed by atoms with Crippen LogP contribution in [0.3, 0.4) is 0 Å². The first kappa shape index (κ1) is 16.0. The van der Waals surface area contributed by atoms with Crippen molar-refractivity contribution in [1.29, 1.82) is 0 Å². The van der Waals surface area contributed by atoms with Crippen molar-refractivity contribution in [3.05, 3.63) is 29.8 Å². The molecule has 0 aliphatic rings. The number of aryl methyl sites for hydroxylation is 1. The minimum absolute atomic E-state index is 0.350. The summed E-state index contributed by atoms with van der Waals surface area (Å²) in [5, 5.41) is 2.57. The summed E-state index contributed by atoms with van der Waals surface area (Å²) in [6.45, 7) is 5.76. The maximum atomic E-state index is 11.6. The fraction of sp³-hybridized carbons (Fsp3) is 0.467. The number of rotatable bonds is 6. The number of unbranched alkanes of at least 4 members (excludes halogenated alkanes) is 1. The number of anilines is 1. The second-order valence-electron chi connectivity index (χ2n) is 4.56. The number of benzene rings is 1. The lowest BCUT2D eigenvalue weighted by Gasteiger charge is -2.13. The van der Waals surface area contributed by atoms with Crippen LogP contribution in [0.25, 0.3) is 0 Å². The fourth-order valence-corrected chi connectivity index (χ4v) is 1.51. The molecule has 0 fully saturated rings. The number of ether oxygens (including phenoxy) is 2. The van der Waals surface area contributed by atoms with E-state index in [0.29, 0.717) is 12.3 Å². The predicted octanol–water partition coefficient (Wildman–Crippen LogP) is 3.28. The van der Waals surface area contributed by atoms with Gasteiger partial charge in [-0.25, -0.2) is 9.59 Å². The molecule has 20 heavy (non-hydrogen) atoms. The lowest BCUT2D eigenvalue weighted by Crippen LogP contribution is -2.28. The van der Waals surface area contributed by atoms with Crippen molar-refractivity contribution in [3.63, 3.8) is 0 Å². The van der Waals surface area contributed by atoms with Gasteiger partial charge < -0.3 is 9.47 Å². The standard InChI is InChI=1S/C15H21NO4/c1-4-5-9-19-14(17)12(3)20-15(18)16-13-8-6-7-11(2)10-13/h6-8,10,12H,4-5,9H2,1-3H3,(H,16,18). The maximum Gasteiger partial charge on any atom is 0.412 e. The first-order valence-corrected chi connectivity index (χ1v) is 6.74. The number of hydrogen-bond donors (Lipinski definition) is 1. The third-order valence-electron chi connectivity index (χ3n) is 2.62. The Morgan fingerprint density at radius 2 is 2.10 bits per heavy atom. The lowest BCUT2D eigenvalue weighted by atomic mass is 10.2. The molecule has 1 aromatic rings. The number of carbonyl (C=O) groups excluding carboxylic acids is 2. The quantitative estimate of drug-likeness (QED) is 0.641. The SMILES string of the molecule is CCCCOC(=O)C(C)OC(=O)Nc1cccc(C)c1. The number of esters is 1. The van der Waals surface area contributed by atoms with Crippen molar-refractivity contribution < 1.29 is 19.1 Å². The van der Waals surface area contributed by atoms with Crippen LogP contribution in [0.15, 0.2) is 24.3 Å². The third kappa shape index (κ3) is 5.73. The van der Waals surface area contributed by atoms with E-state index in [-0.39, 0.29) is 0 Å². The van der Waals surface area contributed by atoms with E-state index in [4.69, 9.17) is 9.47 Å². The zero-order chi connectivity index (χ0) is 15.0. The van der Waals surface area contributed by atoms with Crippen molar-refractivity contribution in [2.75, 3.05) is 11.9 Å². The summed E-state index contributed by atoms with van der Waals surface area (Å²) in [4.78, 5) is 23.2. The van der Waals surface area contributed by atoms with E-state index >= 15 is 0 Å². The second-order valence-corrected chi connectivity index (χ2v) is 4.56. The molecule has 0 radical (unpaired) electrons. The van der Waals surface area contributed by atoms with E-state index in [2.05, 4.69) is 5.32 Å². The Hall–Kier alpha value is -2.04. The van der Waals surface area contributed by atoms with Gasteiger partial charge in [-0.2, -0.15) is 0 Å². The smallest absolute Gasteiger partial charge is 0.412 e. The highest BCUT2D eigenvalue weighted by atomic mass is 16.6. The van der Waals surface area contributed by atoms with E-state index in [1.807, 2.05) is 32.0 Å². The summed E-state index contributed by atoms with van der Waals surface area (Å²) in [6, 6.07) is 7.31. The van der Waals surface area contributed by atoms with E-state index in [9.17, 15) is 9.59 Å². The summed E-state index contributed by atoms with van der Waals surface area (Å²) >= 11 is 0. The molecule has 0 saturated heterocycles. The molecule has 5 heteroatoms. The molecule has 1 unspecified atom stereocenters. The first-order valence-electron chi connectivity index (χ1n) is 6.74. The molecular formula is C15H21NO4. The minimum Gasteiger partial charge on any atom is -0.463 e. The van der Waals surface area contributed by atoms with Crippen molar-refractivity contribution in [2.24, 2.45) is 0 Å². The van der Waals surface area contributed by atoms with Crippen LogP contribution in [0.4, 0.5) is 10.5 Å². The van der Waals surface area contributed by atoms with Gasteiger partial charge >= 0.3 is 12.1 Å². The Morgan fingerprint density at radius 1 is 1.35 bits per heavy atom. The lowest BCUT2D eigenvalue weighted by molar-refractivity contribution is -0.152. The van der Waals surface area contributed by atoms with Crippen molar-refractivity contribution >= 4 is 17.7 Å². The summed E-state index contributed by atoms with van der Waals surface area (Å²) < 4.78 is 9.93. The maximum absolute atomic E-state index is 11.6. The van der Waals surface area contributed by atoms with E-state index in [1.54, 1.807) is 6.07 Å². The van der Waals surface area contributed by atoms with Crippen LogP contribution in [0.5, 0.6) is 0 Å². The molecule has 0 heterocycles. The summed E-state index contributed by atoms with van der Waals surface area (Å²) in [5.41, 5.74) is 1.65. The highest BCUT2D eigenvalue weighted by Crippen LogP contribution is 2.10. The molecule has 0 aliphatic heterocycles. The predicted molar refractivity (Wildman–Crippen MR) is 76.6 cm³/mol. The van der Waals surface area contributed by atoms with E-state index in [1.165, 1.54) is 6.92 Å². The van der Waals surface area contributed by atoms with Gasteiger partial charge in [0.15, 0.2) is 6.10 Å². The molecule has 0 spiro atoms. The Labute approximate surface area is 119 Å². The largest absolute Gasteiger partial charge is 0.463 e. The number of amides is 1. The number of hydrogen-bond acceptors (Lipinski definition) is 4. The third-order valence-corrected chi connectivity index (χ3v) is 2.62. The van der Waals surface area contributed by atoms with Gasteiger partial charge in [-0.15, -0.1) is 0 Å². The van der Waals surface area contributed by atoms with Gasteiger partial charge in [-0.3, -0.25) is 5.32 Å². The van der Waals surface area contributed by atoms with Gasteiger partial charge in [0.2, 0.25) is 0 Å². The van der Waals surface area contributed by atoms with Gasteiger partial charge in [0.25, 0.3) is 0 Å². The van der Waals surface area contributed by atoms with Gasteiger partial charge in [-0.1, -0.05) is 25.5 Å². The van der Waals surface area contributed by atoms with Crippen molar-refractivity contribution in [3.8, 4) is 0 Å². The van der Waals surface area contributed by atoms with Crippen molar-refractivity contribution in [2.45, 2.75) is 39.7 Å². The van der Waals surface area contributed by atoms with Gasteiger partial charge in [-0.05, 0) is 38.0 Å². The van der Waals surface area contributed by atoms with Crippen LogP contribution in [0, 0.1) is 6.92 Å². The molecule has 0 aliphatic carbocycles. The molecule has 0 bridgehead atoms. The van der Waals surface area contributed by atoms with Crippen LogP contribution in [-0.2, 0) is 14.3 Å². The molecule has 5 nitrogen and oxygen atoms in total. The molecule has 110 valence electrons. The molecule has 1 N–H and O–H groups in total. The monoisotopic (exact) mass is 279 g/mol. The zero-order valence-corrected chi connectivity index (χ0v) is 12.1. The molecular weight excluding hydrogens is 258 g/mol. The summed E-state index contributed by atoms with van der Waals surface area (Å²) in [5.74, 6) is -0.530. The molecule has 1 atom stereocenters. The van der Waals surface area contributed by atoms with Gasteiger partial charge in [0, 0.05) is 5.69 Å². The van der Waals surface area contributed by atoms with E-state index < -0.39 is 18.2 Å². The Morgan fingerprint density at radius 3 is 2.75 bits per heavy atom. The van der Waals surface area contributed by atoms with Crippen LogP contribution >= 0.6 is 0 Å². The van der Waals surface area contributed by atoms with Crippen LogP contribution in [0.2, 0.25) is 0 Å².